The van der Waals surface area contributed by atoms with Crippen molar-refractivity contribution in [3.8, 4) is 0 Å². The molecule has 106 valence electrons. The number of hydrogen-bond acceptors (Lipinski definition) is 5. The molecule has 4 nitrogen and oxygen atoms in total. The molecule has 1 aromatic carbocycles. The minimum absolute atomic E-state index is 0.0163. The second-order valence-electron chi connectivity index (χ2n) is 4.12. The van der Waals surface area contributed by atoms with Crippen LogP contribution < -0.4 is 5.73 Å². The number of hydrogen-bond donors (Lipinski definition) is 1. The molecule has 0 amide bonds. The molecule has 0 saturated heterocycles. The SMILES string of the molecule is CS(=O)(=O)c1cc(N)cc(C(=O)c2cc(Cl)c(Br)s2)c1. The Bertz CT molecular complexity index is 780. The summed E-state index contributed by atoms with van der Waals surface area (Å²) in [5, 5.41) is 0.436. The number of thiophene rings is 1. The van der Waals surface area contributed by atoms with Crippen LogP contribution in [0.15, 0.2) is 32.9 Å². The van der Waals surface area contributed by atoms with Gasteiger partial charge in [0.1, 0.15) is 0 Å². The molecule has 2 rings (SSSR count). The molecule has 0 fully saturated rings. The van der Waals surface area contributed by atoms with Gasteiger partial charge in [-0.1, -0.05) is 11.6 Å². The third kappa shape index (κ3) is 3.22. The normalized spacial score (nSPS) is 11.6. The smallest absolute Gasteiger partial charge is 0.203 e. The molecule has 0 aliphatic carbocycles. The standard InChI is InChI=1S/C12H9BrClNO3S2/c1-20(17,18)8-3-6(2-7(15)4-8)11(16)10-5-9(14)12(13)19-10/h2-5H,15H2,1H3. The van der Waals surface area contributed by atoms with E-state index >= 15 is 0 Å². The summed E-state index contributed by atoms with van der Waals surface area (Å²) in [4.78, 5) is 12.7. The van der Waals surface area contributed by atoms with Crippen molar-refractivity contribution in [3.05, 3.63) is 43.5 Å². The quantitative estimate of drug-likeness (QED) is 0.639. The van der Waals surface area contributed by atoms with E-state index < -0.39 is 9.84 Å². The summed E-state index contributed by atoms with van der Waals surface area (Å²) < 4.78 is 23.8. The van der Waals surface area contributed by atoms with Crippen LogP contribution in [-0.2, 0) is 9.84 Å². The predicted octanol–water partition coefficient (Wildman–Crippen LogP) is 3.38. The third-order valence-electron chi connectivity index (χ3n) is 2.49. The van der Waals surface area contributed by atoms with Crippen LogP contribution in [0.3, 0.4) is 0 Å². The Morgan fingerprint density at radius 2 is 1.95 bits per heavy atom. The number of ketones is 1. The zero-order valence-corrected chi connectivity index (χ0v) is 14.2. The molecule has 0 aliphatic heterocycles. The minimum atomic E-state index is -3.43. The molecule has 1 aromatic heterocycles. The number of carbonyl (C=O) groups excluding carboxylic acids is 1. The van der Waals surface area contributed by atoms with Gasteiger partial charge in [-0.05, 0) is 40.2 Å². The minimum Gasteiger partial charge on any atom is -0.399 e. The fraction of sp³-hybridized carbons (Fsp3) is 0.0833. The average molecular weight is 395 g/mol. The van der Waals surface area contributed by atoms with Crippen molar-refractivity contribution in [2.24, 2.45) is 0 Å². The highest BCUT2D eigenvalue weighted by Gasteiger charge is 2.17. The zero-order valence-electron chi connectivity index (χ0n) is 10.2. The first-order chi connectivity index (χ1) is 9.18. The molecule has 1 heterocycles. The van der Waals surface area contributed by atoms with E-state index in [9.17, 15) is 13.2 Å². The lowest BCUT2D eigenvalue weighted by molar-refractivity contribution is 0.104. The summed E-state index contributed by atoms with van der Waals surface area (Å²) in [5.41, 5.74) is 6.10. The van der Waals surface area contributed by atoms with E-state index in [-0.39, 0.29) is 21.9 Å². The Kier molecular flexibility index (Phi) is 4.24. The van der Waals surface area contributed by atoms with Gasteiger partial charge in [-0.25, -0.2) is 8.42 Å². The zero-order chi connectivity index (χ0) is 15.1. The molecule has 0 spiro atoms. The van der Waals surface area contributed by atoms with Crippen molar-refractivity contribution in [3.63, 3.8) is 0 Å². The summed E-state index contributed by atoms with van der Waals surface area (Å²) >= 11 is 10.3. The Balaban J connectivity index is 2.53. The van der Waals surface area contributed by atoms with Crippen LogP contribution in [0.5, 0.6) is 0 Å². The molecule has 0 aliphatic rings. The molecular formula is C12H9BrClNO3S2. The Morgan fingerprint density at radius 3 is 2.45 bits per heavy atom. The second-order valence-corrected chi connectivity index (χ2v) is 8.92. The molecular weight excluding hydrogens is 386 g/mol. The number of anilines is 1. The summed E-state index contributed by atoms with van der Waals surface area (Å²) in [6.07, 6.45) is 1.06. The largest absolute Gasteiger partial charge is 0.399 e. The highest BCUT2D eigenvalue weighted by molar-refractivity contribution is 9.11. The maximum Gasteiger partial charge on any atom is 0.203 e. The Labute approximate surface area is 133 Å². The molecule has 20 heavy (non-hydrogen) atoms. The molecule has 0 atom stereocenters. The average Bonchev–Trinajstić information content (AvgIpc) is 2.67. The second kappa shape index (κ2) is 5.48. The summed E-state index contributed by atoms with van der Waals surface area (Å²) in [6.45, 7) is 0. The van der Waals surface area contributed by atoms with Crippen molar-refractivity contribution >= 4 is 60.2 Å². The number of rotatable bonds is 3. The predicted molar refractivity (Wildman–Crippen MR) is 84.4 cm³/mol. The number of nitrogens with two attached hydrogens (primary N) is 1. The molecule has 0 unspecified atom stereocenters. The molecule has 2 N–H and O–H groups in total. The van der Waals surface area contributed by atoms with Crippen molar-refractivity contribution in [2.75, 3.05) is 12.0 Å². The summed E-state index contributed by atoms with van der Waals surface area (Å²) in [6, 6.07) is 5.61. The fourth-order valence-corrected chi connectivity index (χ4v) is 3.92. The van der Waals surface area contributed by atoms with Gasteiger partial charge in [-0.15, -0.1) is 11.3 Å². The van der Waals surface area contributed by atoms with Gasteiger partial charge in [-0.3, -0.25) is 4.79 Å². The van der Waals surface area contributed by atoms with Crippen LogP contribution in [0.4, 0.5) is 5.69 Å². The van der Waals surface area contributed by atoms with Crippen LogP contribution >= 0.6 is 38.9 Å². The Hall–Kier alpha value is -0.890. The van der Waals surface area contributed by atoms with Crippen molar-refractivity contribution in [2.45, 2.75) is 4.90 Å². The van der Waals surface area contributed by atoms with Crippen LogP contribution in [-0.4, -0.2) is 20.5 Å². The van der Waals surface area contributed by atoms with Crippen LogP contribution in [0, 0.1) is 0 Å². The highest BCUT2D eigenvalue weighted by Crippen LogP contribution is 2.33. The first-order valence-electron chi connectivity index (χ1n) is 5.28. The van der Waals surface area contributed by atoms with E-state index in [0.717, 1.165) is 6.26 Å². The lowest BCUT2D eigenvalue weighted by atomic mass is 10.1. The lowest BCUT2D eigenvalue weighted by Crippen LogP contribution is -2.05. The third-order valence-corrected chi connectivity index (χ3v) is 6.05. The maximum atomic E-state index is 12.3. The van der Waals surface area contributed by atoms with Gasteiger partial charge in [-0.2, -0.15) is 0 Å². The number of halogens is 2. The van der Waals surface area contributed by atoms with Crippen molar-refractivity contribution in [1.82, 2.24) is 0 Å². The fourth-order valence-electron chi connectivity index (χ4n) is 1.57. The van der Waals surface area contributed by atoms with Gasteiger partial charge in [0.05, 0.1) is 18.6 Å². The highest BCUT2D eigenvalue weighted by atomic mass is 79.9. The number of carbonyl (C=O) groups is 1. The molecule has 8 heteroatoms. The van der Waals surface area contributed by atoms with Crippen LogP contribution in [0.1, 0.15) is 15.2 Å². The van der Waals surface area contributed by atoms with Gasteiger partial charge in [0.25, 0.3) is 0 Å². The van der Waals surface area contributed by atoms with E-state index in [4.69, 9.17) is 17.3 Å². The van der Waals surface area contributed by atoms with Gasteiger partial charge >= 0.3 is 0 Å². The Morgan fingerprint density at radius 1 is 1.30 bits per heavy atom. The summed E-state index contributed by atoms with van der Waals surface area (Å²) in [7, 11) is -3.43. The van der Waals surface area contributed by atoms with E-state index in [1.807, 2.05) is 0 Å². The van der Waals surface area contributed by atoms with Crippen molar-refractivity contribution < 1.29 is 13.2 Å². The van der Waals surface area contributed by atoms with Gasteiger partial charge in [0, 0.05) is 17.5 Å². The molecule has 2 aromatic rings. The topological polar surface area (TPSA) is 77.2 Å². The van der Waals surface area contributed by atoms with Gasteiger partial charge in [0.15, 0.2) is 9.84 Å². The molecule has 0 bridgehead atoms. The molecule has 0 radical (unpaired) electrons. The van der Waals surface area contributed by atoms with Crippen molar-refractivity contribution in [1.29, 1.82) is 0 Å². The van der Waals surface area contributed by atoms with E-state index in [1.54, 1.807) is 0 Å². The first kappa shape index (κ1) is 15.5. The van der Waals surface area contributed by atoms with Crippen LogP contribution in [0.2, 0.25) is 5.02 Å². The first-order valence-corrected chi connectivity index (χ1v) is 9.16. The monoisotopic (exact) mass is 393 g/mol. The number of nitrogen functional groups attached to an aromatic ring is 1. The van der Waals surface area contributed by atoms with Gasteiger partial charge < -0.3 is 5.73 Å². The van der Waals surface area contributed by atoms with Gasteiger partial charge in [0.2, 0.25) is 5.78 Å². The maximum absolute atomic E-state index is 12.3. The number of benzene rings is 1. The lowest BCUT2D eigenvalue weighted by Gasteiger charge is -2.04. The van der Waals surface area contributed by atoms with E-state index in [0.29, 0.717) is 13.7 Å². The van der Waals surface area contributed by atoms with Crippen LogP contribution in [0.25, 0.3) is 0 Å². The summed E-state index contributed by atoms with van der Waals surface area (Å²) in [5.74, 6) is -0.320. The molecule has 0 saturated carbocycles. The van der Waals surface area contributed by atoms with E-state index in [1.165, 1.54) is 35.6 Å². The number of sulfone groups is 1. The van der Waals surface area contributed by atoms with E-state index in [2.05, 4.69) is 15.9 Å².